The summed E-state index contributed by atoms with van der Waals surface area (Å²) in [6.45, 7) is 9.60. The van der Waals surface area contributed by atoms with E-state index >= 15 is 0 Å². The maximum Gasteiger partial charge on any atom is 0.431 e. The van der Waals surface area contributed by atoms with Crippen LogP contribution in [0.25, 0.3) is 0 Å². The Morgan fingerprint density at radius 1 is 1.28 bits per heavy atom. The third-order valence-corrected chi connectivity index (χ3v) is 5.00. The molecule has 0 aliphatic carbocycles. The van der Waals surface area contributed by atoms with Crippen LogP contribution >= 0.6 is 11.8 Å². The lowest BCUT2D eigenvalue weighted by Crippen LogP contribution is -2.35. The average Bonchev–Trinajstić information content (AvgIpc) is 2.91. The van der Waals surface area contributed by atoms with Crippen LogP contribution < -0.4 is 5.32 Å². The molecule has 0 spiro atoms. The Bertz CT molecular complexity index is 799. The zero-order chi connectivity index (χ0) is 21.8. The summed E-state index contributed by atoms with van der Waals surface area (Å²) in [6.07, 6.45) is -0.979. The van der Waals surface area contributed by atoms with Crippen LogP contribution in [-0.4, -0.2) is 44.1 Å². The van der Waals surface area contributed by atoms with Crippen LogP contribution in [-0.2, 0) is 20.9 Å². The van der Waals surface area contributed by atoms with E-state index in [2.05, 4.69) is 24.3 Å². The van der Waals surface area contributed by atoms with Crippen LogP contribution in [0.1, 0.15) is 58.1 Å². The fourth-order valence-electron chi connectivity index (χ4n) is 2.49. The highest BCUT2D eigenvalue weighted by atomic mass is 32.2. The van der Waals surface area contributed by atoms with Gasteiger partial charge in [-0.1, -0.05) is 49.9 Å². The lowest BCUT2D eigenvalue weighted by Gasteiger charge is -2.24. The molecule has 2 N–H and O–H groups in total. The number of hydrazone groups is 1. The normalized spacial score (nSPS) is 18.1. The molecule has 8 nitrogen and oxygen atoms in total. The van der Waals surface area contributed by atoms with Gasteiger partial charge in [0.15, 0.2) is 5.17 Å². The number of amidine groups is 1. The SMILES string of the molecule is CC(C)c1ccc(CN(/N=C2/NC(=O)C(CC(=O)O)S2)C(=O)OC(C)(C)C)cc1. The second kappa shape index (κ2) is 9.30. The second-order valence-electron chi connectivity index (χ2n) is 8.03. The van der Waals surface area contributed by atoms with Crippen LogP contribution in [0, 0.1) is 0 Å². The van der Waals surface area contributed by atoms with E-state index < -0.39 is 28.8 Å². The Kier molecular flexibility index (Phi) is 7.29. The molecule has 9 heteroatoms. The molecule has 1 aliphatic heterocycles. The zero-order valence-corrected chi connectivity index (χ0v) is 18.1. The largest absolute Gasteiger partial charge is 0.481 e. The third kappa shape index (κ3) is 7.08. The van der Waals surface area contributed by atoms with Crippen molar-refractivity contribution < 1.29 is 24.2 Å². The standard InChI is InChI=1S/C20H27N3O5S/c1-12(2)14-8-6-13(7-9-14)11-23(19(27)28-20(3,4)5)22-18-21-17(26)15(29-18)10-16(24)25/h6-9,12,15H,10-11H2,1-5H3,(H,24,25)(H,21,22,26). The smallest absolute Gasteiger partial charge is 0.431 e. The molecule has 1 heterocycles. The van der Waals surface area contributed by atoms with Crippen molar-refractivity contribution in [3.8, 4) is 0 Å². The monoisotopic (exact) mass is 421 g/mol. The number of aliphatic carboxylic acids is 1. The van der Waals surface area contributed by atoms with Crippen molar-refractivity contribution in [3.05, 3.63) is 35.4 Å². The first kappa shape index (κ1) is 22.7. The minimum absolute atomic E-state index is 0.150. The first-order valence-electron chi connectivity index (χ1n) is 9.32. The second-order valence-corrected chi connectivity index (χ2v) is 9.22. The molecule has 0 bridgehead atoms. The number of thioether (sulfide) groups is 1. The minimum atomic E-state index is -1.08. The van der Waals surface area contributed by atoms with E-state index in [4.69, 9.17) is 9.84 Å². The lowest BCUT2D eigenvalue weighted by atomic mass is 10.0. The summed E-state index contributed by atoms with van der Waals surface area (Å²) >= 11 is 0.987. The number of rotatable bonds is 6. The quantitative estimate of drug-likeness (QED) is 0.681. The van der Waals surface area contributed by atoms with E-state index in [1.54, 1.807) is 20.8 Å². The summed E-state index contributed by atoms with van der Waals surface area (Å²) in [6, 6.07) is 7.83. The predicted molar refractivity (Wildman–Crippen MR) is 112 cm³/mol. The topological polar surface area (TPSA) is 108 Å². The Hall–Kier alpha value is -2.55. The van der Waals surface area contributed by atoms with Gasteiger partial charge in [0.05, 0.1) is 13.0 Å². The van der Waals surface area contributed by atoms with Crippen LogP contribution in [0.15, 0.2) is 29.4 Å². The number of carbonyl (C=O) groups is 3. The highest BCUT2D eigenvalue weighted by Gasteiger charge is 2.33. The molecule has 0 saturated carbocycles. The van der Waals surface area contributed by atoms with E-state index in [1.807, 2.05) is 24.3 Å². The van der Waals surface area contributed by atoms with Crippen molar-refractivity contribution in [2.75, 3.05) is 0 Å². The number of hydrogen-bond acceptors (Lipinski definition) is 6. The average molecular weight is 422 g/mol. The van der Waals surface area contributed by atoms with Gasteiger partial charge in [-0.2, -0.15) is 5.01 Å². The highest BCUT2D eigenvalue weighted by Crippen LogP contribution is 2.24. The molecule has 1 unspecified atom stereocenters. The number of hydrogen-bond donors (Lipinski definition) is 2. The molecule has 0 radical (unpaired) electrons. The molecule has 2 rings (SSSR count). The van der Waals surface area contributed by atoms with Gasteiger partial charge in [-0.15, -0.1) is 5.10 Å². The molecule has 0 aromatic heterocycles. The summed E-state index contributed by atoms with van der Waals surface area (Å²) in [7, 11) is 0. The molecular weight excluding hydrogens is 394 g/mol. The molecule has 1 saturated heterocycles. The molecule has 158 valence electrons. The molecule has 1 aromatic rings. The fourth-order valence-corrected chi connectivity index (χ4v) is 3.46. The van der Waals surface area contributed by atoms with Gasteiger partial charge < -0.3 is 15.2 Å². The predicted octanol–water partition coefficient (Wildman–Crippen LogP) is 3.52. The van der Waals surface area contributed by atoms with E-state index in [1.165, 1.54) is 5.56 Å². The number of carboxylic acids is 1. The van der Waals surface area contributed by atoms with Gasteiger partial charge in [0, 0.05) is 0 Å². The number of carboxylic acid groups (broad SMARTS) is 1. The number of nitrogens with zero attached hydrogens (tertiary/aromatic N) is 2. The summed E-state index contributed by atoms with van der Waals surface area (Å²) in [4.78, 5) is 35.5. The number of amides is 2. The number of carbonyl (C=O) groups excluding carboxylic acids is 2. The summed E-state index contributed by atoms with van der Waals surface area (Å²) in [5.41, 5.74) is 1.31. The van der Waals surface area contributed by atoms with Crippen molar-refractivity contribution >= 4 is 34.9 Å². The molecule has 1 aliphatic rings. The first-order valence-corrected chi connectivity index (χ1v) is 10.2. The van der Waals surface area contributed by atoms with Crippen LogP contribution in [0.2, 0.25) is 0 Å². The van der Waals surface area contributed by atoms with Crippen LogP contribution in [0.3, 0.4) is 0 Å². The maximum absolute atomic E-state index is 12.6. The zero-order valence-electron chi connectivity index (χ0n) is 17.3. The Balaban J connectivity index is 2.22. The summed E-state index contributed by atoms with van der Waals surface area (Å²) in [5.74, 6) is -1.13. The molecule has 29 heavy (non-hydrogen) atoms. The van der Waals surface area contributed by atoms with Gasteiger partial charge in [0.1, 0.15) is 10.9 Å². The minimum Gasteiger partial charge on any atom is -0.481 e. The number of benzene rings is 1. The first-order chi connectivity index (χ1) is 13.4. The molecule has 1 atom stereocenters. The van der Waals surface area contributed by atoms with Crippen LogP contribution in [0.4, 0.5) is 4.79 Å². The number of ether oxygens (including phenoxy) is 1. The lowest BCUT2D eigenvalue weighted by molar-refractivity contribution is -0.138. The van der Waals surface area contributed by atoms with E-state index in [9.17, 15) is 14.4 Å². The van der Waals surface area contributed by atoms with Gasteiger partial charge in [0.2, 0.25) is 5.91 Å². The highest BCUT2D eigenvalue weighted by molar-refractivity contribution is 8.15. The molecule has 1 aromatic carbocycles. The fraction of sp³-hybridized carbons (Fsp3) is 0.500. The van der Waals surface area contributed by atoms with Crippen molar-refractivity contribution in [3.63, 3.8) is 0 Å². The van der Waals surface area contributed by atoms with Crippen molar-refractivity contribution in [2.24, 2.45) is 5.10 Å². The van der Waals surface area contributed by atoms with E-state index in [-0.39, 0.29) is 18.1 Å². The molecule has 2 amide bonds. The van der Waals surface area contributed by atoms with Gasteiger partial charge in [0.25, 0.3) is 0 Å². The number of nitrogens with one attached hydrogen (secondary N) is 1. The van der Waals surface area contributed by atoms with Crippen molar-refractivity contribution in [2.45, 2.75) is 64.4 Å². The van der Waals surface area contributed by atoms with Crippen LogP contribution in [0.5, 0.6) is 0 Å². The Labute approximate surface area is 174 Å². The maximum atomic E-state index is 12.6. The third-order valence-electron chi connectivity index (χ3n) is 3.93. The van der Waals surface area contributed by atoms with Crippen molar-refractivity contribution in [1.29, 1.82) is 0 Å². The summed E-state index contributed by atoms with van der Waals surface area (Å²) < 4.78 is 5.43. The summed E-state index contributed by atoms with van der Waals surface area (Å²) in [5, 5.41) is 16.2. The van der Waals surface area contributed by atoms with E-state index in [0.29, 0.717) is 5.92 Å². The van der Waals surface area contributed by atoms with Gasteiger partial charge >= 0.3 is 12.1 Å². The Morgan fingerprint density at radius 2 is 1.90 bits per heavy atom. The molecular formula is C20H27N3O5S. The Morgan fingerprint density at radius 3 is 2.41 bits per heavy atom. The van der Waals surface area contributed by atoms with Gasteiger partial charge in [-0.25, -0.2) is 4.79 Å². The van der Waals surface area contributed by atoms with Gasteiger partial charge in [-0.3, -0.25) is 9.59 Å². The van der Waals surface area contributed by atoms with Crippen molar-refractivity contribution in [1.82, 2.24) is 10.3 Å². The van der Waals surface area contributed by atoms with Gasteiger partial charge in [-0.05, 0) is 37.8 Å². The molecule has 1 fully saturated rings. The van der Waals surface area contributed by atoms with E-state index in [0.717, 1.165) is 22.3 Å².